The van der Waals surface area contributed by atoms with E-state index in [1.54, 1.807) is 0 Å². The quantitative estimate of drug-likeness (QED) is 0.632. The van der Waals surface area contributed by atoms with Gasteiger partial charge in [-0.3, -0.25) is 4.79 Å². The normalized spacial score (nSPS) is 25.6. The molecule has 2 saturated carbocycles. The number of para-hydroxylation sites is 1. The van der Waals surface area contributed by atoms with Crippen molar-refractivity contribution >= 4 is 23.4 Å². The molecule has 0 aromatic heterocycles. The smallest absolute Gasteiger partial charge is 0.234 e. The van der Waals surface area contributed by atoms with Crippen molar-refractivity contribution in [3.63, 3.8) is 0 Å². The lowest BCUT2D eigenvalue weighted by Crippen LogP contribution is -2.51. The highest BCUT2D eigenvalue weighted by Gasteiger charge is 2.50. The van der Waals surface area contributed by atoms with E-state index in [-0.39, 0.29) is 11.3 Å². The second-order valence-electron chi connectivity index (χ2n) is 9.18. The lowest BCUT2D eigenvalue weighted by Gasteiger charge is -2.50. The molecule has 1 aliphatic heterocycles. The molecule has 2 fully saturated rings. The molecule has 4 nitrogen and oxygen atoms in total. The number of carbonyl (C=O) groups is 1. The third-order valence-electron chi connectivity index (χ3n) is 7.39. The van der Waals surface area contributed by atoms with Gasteiger partial charge in [0.05, 0.1) is 22.4 Å². The van der Waals surface area contributed by atoms with Crippen LogP contribution in [0.1, 0.15) is 69.8 Å². The van der Waals surface area contributed by atoms with E-state index in [9.17, 15) is 10.1 Å². The molecule has 5 heteroatoms. The van der Waals surface area contributed by atoms with Crippen LogP contribution >= 0.6 is 11.8 Å². The van der Waals surface area contributed by atoms with Crippen LogP contribution in [-0.2, 0) is 4.79 Å². The summed E-state index contributed by atoms with van der Waals surface area (Å²) in [5, 5.41) is 18.0. The van der Waals surface area contributed by atoms with Gasteiger partial charge in [0.15, 0.2) is 0 Å². The van der Waals surface area contributed by atoms with Crippen LogP contribution in [0, 0.1) is 29.6 Å². The van der Waals surface area contributed by atoms with Crippen molar-refractivity contribution in [2.45, 2.75) is 77.2 Å². The first-order valence-electron chi connectivity index (χ1n) is 11.5. The Labute approximate surface area is 184 Å². The number of hydrogen-bond donors (Lipinski definition) is 2. The van der Waals surface area contributed by atoms with Crippen molar-refractivity contribution < 1.29 is 4.79 Å². The molecule has 1 aromatic rings. The van der Waals surface area contributed by atoms with Crippen LogP contribution in [0.5, 0.6) is 0 Å². The molecule has 1 amide bonds. The molecule has 2 aliphatic carbocycles. The highest BCUT2D eigenvalue weighted by Crippen LogP contribution is 2.56. The molecule has 0 saturated heterocycles. The maximum atomic E-state index is 12.6. The Morgan fingerprint density at radius 2 is 1.90 bits per heavy atom. The van der Waals surface area contributed by atoms with Crippen molar-refractivity contribution in [3.05, 3.63) is 40.4 Å². The van der Waals surface area contributed by atoms with Crippen LogP contribution in [0.2, 0.25) is 0 Å². The lowest BCUT2D eigenvalue weighted by atomic mass is 9.57. The zero-order valence-corrected chi connectivity index (χ0v) is 18.8. The van der Waals surface area contributed by atoms with E-state index in [0.29, 0.717) is 17.7 Å². The molecule has 3 aliphatic rings. The number of benzene rings is 1. The number of rotatable bonds is 4. The monoisotopic (exact) mass is 423 g/mol. The Bertz CT molecular complexity index is 850. The average Bonchev–Trinajstić information content (AvgIpc) is 3.01. The predicted octanol–water partition coefficient (Wildman–Crippen LogP) is 5.90. The first-order valence-corrected chi connectivity index (χ1v) is 12.5. The first-order chi connectivity index (χ1) is 14.6. The summed E-state index contributed by atoms with van der Waals surface area (Å²) in [5.74, 6) is 0.886. The fourth-order valence-electron chi connectivity index (χ4n) is 5.91. The number of nitrogens with one attached hydrogen (secondary N) is 2. The minimum atomic E-state index is -0.0124. The van der Waals surface area contributed by atoms with Gasteiger partial charge in [-0.25, -0.2) is 0 Å². The minimum Gasteiger partial charge on any atom is -0.376 e. The molecule has 2 unspecified atom stereocenters. The van der Waals surface area contributed by atoms with Gasteiger partial charge in [-0.15, -0.1) is 0 Å². The Balaban J connectivity index is 1.55. The Hall–Kier alpha value is -1.93. The van der Waals surface area contributed by atoms with Gasteiger partial charge < -0.3 is 10.6 Å². The van der Waals surface area contributed by atoms with Crippen molar-refractivity contribution in [1.29, 1.82) is 5.26 Å². The molecule has 1 heterocycles. The topological polar surface area (TPSA) is 64.9 Å². The molecular formula is C25H33N3OS. The summed E-state index contributed by atoms with van der Waals surface area (Å²) in [5.41, 5.74) is 2.90. The van der Waals surface area contributed by atoms with Gasteiger partial charge in [-0.2, -0.15) is 5.26 Å². The number of thioether (sulfide) groups is 1. The molecule has 0 radical (unpaired) electrons. The van der Waals surface area contributed by atoms with E-state index in [4.69, 9.17) is 0 Å². The lowest BCUT2D eigenvalue weighted by molar-refractivity contribution is -0.113. The number of amides is 1. The van der Waals surface area contributed by atoms with Crippen LogP contribution in [0.15, 0.2) is 34.9 Å². The largest absolute Gasteiger partial charge is 0.376 e. The van der Waals surface area contributed by atoms with E-state index in [1.165, 1.54) is 63.1 Å². The zero-order valence-electron chi connectivity index (χ0n) is 18.0. The van der Waals surface area contributed by atoms with Crippen LogP contribution in [0.4, 0.5) is 5.69 Å². The van der Waals surface area contributed by atoms with Gasteiger partial charge >= 0.3 is 0 Å². The van der Waals surface area contributed by atoms with Gasteiger partial charge in [0, 0.05) is 17.1 Å². The van der Waals surface area contributed by atoms with E-state index < -0.39 is 0 Å². The number of anilines is 1. The van der Waals surface area contributed by atoms with Crippen LogP contribution in [0.3, 0.4) is 0 Å². The number of nitrogens with zero attached hydrogens (tertiary/aromatic N) is 1. The highest BCUT2D eigenvalue weighted by molar-refractivity contribution is 8.03. The molecule has 30 heavy (non-hydrogen) atoms. The minimum absolute atomic E-state index is 0.0124. The summed E-state index contributed by atoms with van der Waals surface area (Å²) in [6.07, 6.45) is 12.3. The summed E-state index contributed by atoms with van der Waals surface area (Å²) in [6, 6.07) is 10.9. The second kappa shape index (κ2) is 9.47. The van der Waals surface area contributed by atoms with Gasteiger partial charge in [0.1, 0.15) is 0 Å². The predicted molar refractivity (Wildman–Crippen MR) is 124 cm³/mol. The molecule has 4 rings (SSSR count). The molecular weight excluding hydrogens is 390 g/mol. The van der Waals surface area contributed by atoms with Gasteiger partial charge in [0.2, 0.25) is 5.91 Å². The maximum Gasteiger partial charge on any atom is 0.234 e. The zero-order chi connectivity index (χ0) is 21.0. The van der Waals surface area contributed by atoms with E-state index in [0.717, 1.165) is 34.7 Å². The van der Waals surface area contributed by atoms with Crippen molar-refractivity contribution in [1.82, 2.24) is 5.32 Å². The van der Waals surface area contributed by atoms with E-state index >= 15 is 0 Å². The molecule has 0 bridgehead atoms. The van der Waals surface area contributed by atoms with Gasteiger partial charge in [-0.05, 0) is 50.2 Å². The second-order valence-corrected chi connectivity index (χ2v) is 10.2. The number of hydrogen-bond acceptors (Lipinski definition) is 4. The summed E-state index contributed by atoms with van der Waals surface area (Å²) in [4.78, 5) is 12.6. The van der Waals surface area contributed by atoms with E-state index in [1.807, 2.05) is 31.2 Å². The Morgan fingerprint density at radius 3 is 2.67 bits per heavy atom. The van der Waals surface area contributed by atoms with E-state index in [2.05, 4.69) is 16.7 Å². The summed E-state index contributed by atoms with van der Waals surface area (Å²) >= 11 is 1.53. The average molecular weight is 424 g/mol. The number of aryl methyl sites for hydroxylation is 1. The number of nitriles is 1. The van der Waals surface area contributed by atoms with Crippen molar-refractivity contribution in [2.24, 2.45) is 11.3 Å². The molecule has 2 N–H and O–H groups in total. The Kier molecular flexibility index (Phi) is 6.73. The molecule has 160 valence electrons. The summed E-state index contributed by atoms with van der Waals surface area (Å²) in [7, 11) is 0. The number of fused-ring (bicyclic) bond motifs is 2. The van der Waals surface area contributed by atoms with Crippen molar-refractivity contribution in [3.8, 4) is 6.07 Å². The van der Waals surface area contributed by atoms with Gasteiger partial charge in [0.25, 0.3) is 0 Å². The van der Waals surface area contributed by atoms with Gasteiger partial charge in [-0.1, -0.05) is 68.5 Å². The standard InChI is InChI=1S/C25H33N3OS/c1-18-10-6-7-12-21(18)27-23(29)17-30-24-20(16-26)25(14-8-3-9-15-25)19-11-4-2-5-13-22(19)28-24/h6-7,10,12,19,22,28H,2-5,8-9,11,13-15,17H2,1H3,(H,27,29). The fourth-order valence-corrected chi connectivity index (χ4v) is 6.89. The molecule has 1 aromatic carbocycles. The third kappa shape index (κ3) is 4.25. The highest BCUT2D eigenvalue weighted by atomic mass is 32.2. The van der Waals surface area contributed by atoms with Crippen molar-refractivity contribution in [2.75, 3.05) is 11.1 Å². The summed E-state index contributed by atoms with van der Waals surface area (Å²) in [6.45, 7) is 2.00. The SMILES string of the molecule is Cc1ccccc1NC(=O)CSC1=C(C#N)C2(CCCCC2)C2CCCCCC2N1. The molecule has 1 spiro atoms. The van der Waals surface area contributed by atoms with Crippen LogP contribution in [0.25, 0.3) is 0 Å². The maximum absolute atomic E-state index is 12.6. The fraction of sp³-hybridized carbons (Fsp3) is 0.600. The Morgan fingerprint density at radius 1 is 1.17 bits per heavy atom. The van der Waals surface area contributed by atoms with Crippen LogP contribution < -0.4 is 10.6 Å². The third-order valence-corrected chi connectivity index (χ3v) is 8.41. The van der Waals surface area contributed by atoms with Crippen LogP contribution in [-0.4, -0.2) is 17.7 Å². The summed E-state index contributed by atoms with van der Waals surface area (Å²) < 4.78 is 0. The molecule has 2 atom stereocenters. The first kappa shape index (κ1) is 21.3. The number of allylic oxidation sites excluding steroid dienone is 1. The number of carbonyl (C=O) groups excluding carboxylic acids is 1.